The molecule has 1 fully saturated rings. The molecule has 174 valence electrons. The third-order valence-corrected chi connectivity index (χ3v) is 4.61. The fourth-order valence-electron chi connectivity index (χ4n) is 3.06. The van der Waals surface area contributed by atoms with E-state index in [0.717, 1.165) is 12.8 Å². The number of Topliss-reactive ketones (excluding diaryl/α,β-unsaturated/α-hetero) is 1. The average Bonchev–Trinajstić information content (AvgIpc) is 2.80. The van der Waals surface area contributed by atoms with Crippen LogP contribution in [0.3, 0.4) is 0 Å². The Kier molecular flexibility index (Phi) is 18.0. The summed E-state index contributed by atoms with van der Waals surface area (Å²) in [6.45, 7) is 12.8. The quantitative estimate of drug-likeness (QED) is 0.539. The van der Waals surface area contributed by atoms with Gasteiger partial charge in [-0.3, -0.25) is 14.6 Å². The van der Waals surface area contributed by atoms with E-state index in [4.69, 9.17) is 9.47 Å². The zero-order valence-electron chi connectivity index (χ0n) is 19.6. The van der Waals surface area contributed by atoms with Crippen LogP contribution >= 0.6 is 0 Å². The number of amides is 1. The molecule has 2 rings (SSSR count). The molecule has 0 aromatic carbocycles. The zero-order chi connectivity index (χ0) is 22.6. The number of hydrogen-bond acceptors (Lipinski definition) is 5. The molecule has 0 radical (unpaired) electrons. The van der Waals surface area contributed by atoms with Gasteiger partial charge in [-0.2, -0.15) is 0 Å². The molecule has 1 saturated carbocycles. The second-order valence-electron chi connectivity index (χ2n) is 7.20. The molecule has 1 aliphatic rings. The predicted molar refractivity (Wildman–Crippen MR) is 124 cm³/mol. The fraction of sp³-hybridized carbons (Fsp3) is 0.708. The van der Waals surface area contributed by atoms with Gasteiger partial charge in [-0.15, -0.1) is 0 Å². The van der Waals surface area contributed by atoms with E-state index in [2.05, 4.69) is 10.3 Å². The highest BCUT2D eigenvalue weighted by Crippen LogP contribution is 2.26. The number of ketones is 1. The maximum Gasteiger partial charge on any atom is 0.252 e. The first kappa shape index (κ1) is 28.2. The van der Waals surface area contributed by atoms with Crippen LogP contribution in [-0.2, 0) is 14.3 Å². The minimum Gasteiger partial charge on any atom is -0.379 e. The Hall–Kier alpha value is -1.79. The van der Waals surface area contributed by atoms with Crippen LogP contribution < -0.4 is 5.32 Å². The third kappa shape index (κ3) is 13.4. The molecule has 0 saturated heterocycles. The van der Waals surface area contributed by atoms with Crippen molar-refractivity contribution in [1.29, 1.82) is 0 Å². The van der Waals surface area contributed by atoms with Crippen LogP contribution in [0.4, 0.5) is 0 Å². The van der Waals surface area contributed by atoms with Gasteiger partial charge in [0.1, 0.15) is 5.78 Å². The molecule has 1 heterocycles. The Morgan fingerprint density at radius 2 is 1.80 bits per heavy atom. The van der Waals surface area contributed by atoms with Gasteiger partial charge in [-0.1, -0.05) is 47.0 Å². The SMILES string of the molecule is CC.CC(C)C(=O)C1CCCCC1.CCOCCOCCNC(=O)c1cccnc1.[HH]. The average molecular weight is 425 g/mol. The lowest BCUT2D eigenvalue weighted by Gasteiger charge is -2.21. The summed E-state index contributed by atoms with van der Waals surface area (Å²) in [6, 6.07) is 3.45. The first-order valence-corrected chi connectivity index (χ1v) is 11.4. The van der Waals surface area contributed by atoms with Crippen LogP contribution in [-0.4, -0.2) is 49.6 Å². The van der Waals surface area contributed by atoms with Crippen LogP contribution in [0.1, 0.15) is 78.5 Å². The van der Waals surface area contributed by atoms with E-state index in [0.29, 0.717) is 50.2 Å². The molecule has 6 nitrogen and oxygen atoms in total. The molecular weight excluding hydrogens is 380 g/mol. The molecule has 1 aromatic rings. The Morgan fingerprint density at radius 1 is 1.13 bits per heavy atom. The summed E-state index contributed by atoms with van der Waals surface area (Å²) in [6.07, 6.45) is 9.33. The van der Waals surface area contributed by atoms with Crippen LogP contribution in [0.15, 0.2) is 24.5 Å². The van der Waals surface area contributed by atoms with E-state index in [-0.39, 0.29) is 13.3 Å². The molecule has 1 aliphatic carbocycles. The maximum atomic E-state index is 11.5. The van der Waals surface area contributed by atoms with Crippen LogP contribution in [0, 0.1) is 11.8 Å². The zero-order valence-corrected chi connectivity index (χ0v) is 19.6. The summed E-state index contributed by atoms with van der Waals surface area (Å²) >= 11 is 0. The van der Waals surface area contributed by atoms with Crippen LogP contribution in [0.5, 0.6) is 0 Å². The topological polar surface area (TPSA) is 77.5 Å². The molecule has 1 aromatic heterocycles. The molecule has 6 heteroatoms. The summed E-state index contributed by atoms with van der Waals surface area (Å²) in [7, 11) is 0. The molecule has 1 amide bonds. The number of carbonyl (C=O) groups is 2. The molecular formula is C24H44N2O4. The highest BCUT2D eigenvalue weighted by Gasteiger charge is 2.22. The highest BCUT2D eigenvalue weighted by atomic mass is 16.5. The number of pyridine rings is 1. The minimum absolute atomic E-state index is 0. The van der Waals surface area contributed by atoms with Crippen molar-refractivity contribution in [2.45, 2.75) is 66.7 Å². The number of nitrogens with zero attached hydrogens (tertiary/aromatic N) is 1. The van der Waals surface area contributed by atoms with Crippen molar-refractivity contribution in [3.8, 4) is 0 Å². The molecule has 1 N–H and O–H groups in total. The summed E-state index contributed by atoms with van der Waals surface area (Å²) < 4.78 is 10.4. The number of ether oxygens (including phenoxy) is 2. The first-order valence-electron chi connectivity index (χ1n) is 11.4. The van der Waals surface area contributed by atoms with Gasteiger partial charge < -0.3 is 14.8 Å². The molecule has 0 spiro atoms. The normalized spacial score (nSPS) is 13.5. The van der Waals surface area contributed by atoms with Gasteiger partial charge in [-0.25, -0.2) is 0 Å². The first-order chi connectivity index (χ1) is 14.6. The van der Waals surface area contributed by atoms with E-state index in [9.17, 15) is 9.59 Å². The van der Waals surface area contributed by atoms with Gasteiger partial charge in [-0.05, 0) is 31.9 Å². The highest BCUT2D eigenvalue weighted by molar-refractivity contribution is 5.93. The van der Waals surface area contributed by atoms with E-state index in [1.54, 1.807) is 18.3 Å². The van der Waals surface area contributed by atoms with E-state index in [1.807, 2.05) is 34.6 Å². The maximum absolute atomic E-state index is 11.5. The number of rotatable bonds is 10. The van der Waals surface area contributed by atoms with Crippen molar-refractivity contribution in [2.24, 2.45) is 11.8 Å². The summed E-state index contributed by atoms with van der Waals surface area (Å²) in [5.74, 6) is 1.01. The largest absolute Gasteiger partial charge is 0.379 e. The lowest BCUT2D eigenvalue weighted by atomic mass is 9.83. The molecule has 0 unspecified atom stereocenters. The predicted octanol–water partition coefficient (Wildman–Crippen LogP) is 4.93. The van der Waals surface area contributed by atoms with Crippen molar-refractivity contribution in [2.75, 3.05) is 33.0 Å². The van der Waals surface area contributed by atoms with Crippen molar-refractivity contribution in [3.63, 3.8) is 0 Å². The lowest BCUT2D eigenvalue weighted by molar-refractivity contribution is -0.126. The third-order valence-electron chi connectivity index (χ3n) is 4.61. The monoisotopic (exact) mass is 424 g/mol. The van der Waals surface area contributed by atoms with Gasteiger partial charge in [0, 0.05) is 38.8 Å². The Bertz CT molecular complexity index is 550. The number of hydrogen-bond donors (Lipinski definition) is 1. The van der Waals surface area contributed by atoms with Crippen molar-refractivity contribution in [1.82, 2.24) is 10.3 Å². The summed E-state index contributed by atoms with van der Waals surface area (Å²) in [5, 5.41) is 2.75. The Morgan fingerprint density at radius 3 is 2.37 bits per heavy atom. The van der Waals surface area contributed by atoms with Gasteiger partial charge >= 0.3 is 0 Å². The van der Waals surface area contributed by atoms with Crippen molar-refractivity contribution in [3.05, 3.63) is 30.1 Å². The standard InChI is InChI=1S/C12H18N2O3.C10H18O.C2H6.H2/c1-2-16-8-9-17-7-6-14-12(15)11-4-3-5-13-10-11;1-8(2)10(11)9-6-4-3-5-7-9;1-2;/h3-5,10H,2,6-9H2,1H3,(H,14,15);8-9H,3-7H2,1-2H3;1-2H3;1H. The summed E-state index contributed by atoms with van der Waals surface area (Å²) in [4.78, 5) is 26.9. The van der Waals surface area contributed by atoms with Crippen LogP contribution in [0.25, 0.3) is 0 Å². The summed E-state index contributed by atoms with van der Waals surface area (Å²) in [5.41, 5.74) is 0.557. The number of carbonyl (C=O) groups excluding carboxylic acids is 2. The second kappa shape index (κ2) is 19.2. The molecule has 0 bridgehead atoms. The molecule has 30 heavy (non-hydrogen) atoms. The van der Waals surface area contributed by atoms with Gasteiger partial charge in [0.2, 0.25) is 0 Å². The van der Waals surface area contributed by atoms with Gasteiger partial charge in [0.15, 0.2) is 0 Å². The smallest absolute Gasteiger partial charge is 0.252 e. The van der Waals surface area contributed by atoms with Crippen LogP contribution in [0.2, 0.25) is 0 Å². The van der Waals surface area contributed by atoms with Gasteiger partial charge in [0.25, 0.3) is 5.91 Å². The molecule has 0 aliphatic heterocycles. The number of aromatic nitrogens is 1. The number of nitrogens with one attached hydrogen (secondary N) is 1. The van der Waals surface area contributed by atoms with Crippen molar-refractivity contribution < 1.29 is 20.5 Å². The molecule has 0 atom stereocenters. The second-order valence-corrected chi connectivity index (χ2v) is 7.20. The van der Waals surface area contributed by atoms with E-state index in [1.165, 1.54) is 25.5 Å². The Balaban J connectivity index is 0. The van der Waals surface area contributed by atoms with E-state index >= 15 is 0 Å². The lowest BCUT2D eigenvalue weighted by Crippen LogP contribution is -2.27. The van der Waals surface area contributed by atoms with E-state index < -0.39 is 0 Å². The van der Waals surface area contributed by atoms with Gasteiger partial charge in [0.05, 0.1) is 25.4 Å². The Labute approximate surface area is 184 Å². The van der Waals surface area contributed by atoms with Crippen molar-refractivity contribution >= 4 is 11.7 Å². The fourth-order valence-corrected chi connectivity index (χ4v) is 3.06. The minimum atomic E-state index is -0.133.